The van der Waals surface area contributed by atoms with Crippen LogP contribution in [0, 0.1) is 20.8 Å². The van der Waals surface area contributed by atoms with Gasteiger partial charge in [-0.2, -0.15) is 0 Å². The zero-order chi connectivity index (χ0) is 22.9. The number of esters is 1. The summed E-state index contributed by atoms with van der Waals surface area (Å²) in [5.41, 5.74) is 4.73. The number of carbonyl (C=O) groups excluding carboxylic acids is 2. The smallest absolute Gasteiger partial charge is 0.311 e. The second kappa shape index (κ2) is 11.1. The third-order valence-electron chi connectivity index (χ3n) is 5.28. The summed E-state index contributed by atoms with van der Waals surface area (Å²) in [6, 6.07) is 20.8. The second-order valence-corrected chi connectivity index (χ2v) is 7.79. The van der Waals surface area contributed by atoms with Crippen LogP contribution in [0.3, 0.4) is 0 Å². The van der Waals surface area contributed by atoms with Crippen molar-refractivity contribution in [1.29, 1.82) is 0 Å². The van der Waals surface area contributed by atoms with Crippen molar-refractivity contribution in [3.63, 3.8) is 0 Å². The molecule has 1 N–H and O–H groups in total. The molecule has 5 heteroatoms. The maximum absolute atomic E-state index is 12.6. The minimum Gasteiger partial charge on any atom is -0.489 e. The first-order valence-electron chi connectivity index (χ1n) is 10.8. The Morgan fingerprint density at radius 1 is 0.875 bits per heavy atom. The molecule has 0 fully saturated rings. The molecule has 0 radical (unpaired) electrons. The van der Waals surface area contributed by atoms with E-state index in [-0.39, 0.29) is 18.3 Å². The van der Waals surface area contributed by atoms with Crippen molar-refractivity contribution in [3.8, 4) is 11.5 Å². The van der Waals surface area contributed by atoms with Gasteiger partial charge in [0.05, 0.1) is 0 Å². The maximum atomic E-state index is 12.6. The number of benzene rings is 3. The van der Waals surface area contributed by atoms with Crippen LogP contribution in [0.5, 0.6) is 11.5 Å². The van der Waals surface area contributed by atoms with E-state index < -0.39 is 0 Å². The summed E-state index contributed by atoms with van der Waals surface area (Å²) in [5.74, 6) is 0.821. The van der Waals surface area contributed by atoms with Crippen LogP contribution in [0.15, 0.2) is 66.7 Å². The van der Waals surface area contributed by atoms with Crippen molar-refractivity contribution in [2.24, 2.45) is 0 Å². The van der Waals surface area contributed by atoms with Crippen LogP contribution in [-0.2, 0) is 11.4 Å². The van der Waals surface area contributed by atoms with Gasteiger partial charge < -0.3 is 14.8 Å². The highest BCUT2D eigenvalue weighted by atomic mass is 16.5. The van der Waals surface area contributed by atoms with Gasteiger partial charge in [0.15, 0.2) is 0 Å². The van der Waals surface area contributed by atoms with E-state index in [1.54, 1.807) is 18.2 Å². The Kier molecular flexibility index (Phi) is 8.03. The van der Waals surface area contributed by atoms with E-state index in [2.05, 4.69) is 24.4 Å². The average Bonchev–Trinajstić information content (AvgIpc) is 2.78. The van der Waals surface area contributed by atoms with E-state index in [0.29, 0.717) is 30.9 Å². The lowest BCUT2D eigenvalue weighted by Crippen LogP contribution is -2.26. The zero-order valence-electron chi connectivity index (χ0n) is 18.8. The quantitative estimate of drug-likeness (QED) is 0.283. The summed E-state index contributed by atoms with van der Waals surface area (Å²) in [4.78, 5) is 24.5. The first-order chi connectivity index (χ1) is 15.4. The Morgan fingerprint density at radius 2 is 1.66 bits per heavy atom. The normalized spacial score (nSPS) is 10.5. The summed E-state index contributed by atoms with van der Waals surface area (Å²) in [7, 11) is 0. The van der Waals surface area contributed by atoms with Crippen molar-refractivity contribution >= 4 is 11.9 Å². The number of hydrogen-bond acceptors (Lipinski definition) is 4. The summed E-state index contributed by atoms with van der Waals surface area (Å²) in [5, 5.41) is 2.88. The van der Waals surface area contributed by atoms with Crippen LogP contribution in [0.25, 0.3) is 0 Å². The summed E-state index contributed by atoms with van der Waals surface area (Å²) in [6.07, 6.45) is 0.742. The lowest BCUT2D eigenvalue weighted by molar-refractivity contribution is -0.134. The number of rotatable bonds is 9. The van der Waals surface area contributed by atoms with E-state index >= 15 is 0 Å². The van der Waals surface area contributed by atoms with Crippen molar-refractivity contribution in [1.82, 2.24) is 5.32 Å². The van der Waals surface area contributed by atoms with Gasteiger partial charge in [-0.15, -0.1) is 0 Å². The van der Waals surface area contributed by atoms with Crippen molar-refractivity contribution in [2.75, 3.05) is 6.54 Å². The maximum Gasteiger partial charge on any atom is 0.311 e. The van der Waals surface area contributed by atoms with Crippen molar-refractivity contribution in [3.05, 3.63) is 94.5 Å². The third kappa shape index (κ3) is 6.45. The standard InChI is InChI=1S/C27H29NO4/c1-19-9-7-10-22(17-19)18-31-25-15-14-24(20(2)21(25)3)27(30)28-16-8-13-26(29)32-23-11-5-4-6-12-23/h4-7,9-12,14-15,17H,8,13,16,18H2,1-3H3,(H,28,30). The molecule has 0 saturated heterocycles. The summed E-state index contributed by atoms with van der Waals surface area (Å²) < 4.78 is 11.2. The molecular formula is C27H29NO4. The van der Waals surface area contributed by atoms with Gasteiger partial charge in [0.25, 0.3) is 5.91 Å². The second-order valence-electron chi connectivity index (χ2n) is 7.79. The molecule has 1 amide bonds. The highest BCUT2D eigenvalue weighted by Crippen LogP contribution is 2.25. The van der Waals surface area contributed by atoms with Gasteiger partial charge in [-0.1, -0.05) is 48.0 Å². The molecule has 0 aliphatic rings. The number of ether oxygens (including phenoxy) is 2. The molecule has 0 aliphatic heterocycles. The molecule has 0 saturated carbocycles. The largest absolute Gasteiger partial charge is 0.489 e. The van der Waals surface area contributed by atoms with Crippen LogP contribution in [0.1, 0.15) is 45.5 Å². The first-order valence-corrected chi connectivity index (χ1v) is 10.8. The van der Waals surface area contributed by atoms with Gasteiger partial charge in [-0.05, 0) is 68.1 Å². The van der Waals surface area contributed by atoms with E-state index in [0.717, 1.165) is 22.4 Å². The Morgan fingerprint density at radius 3 is 2.41 bits per heavy atom. The SMILES string of the molecule is Cc1cccc(COc2ccc(C(=O)NCCCC(=O)Oc3ccccc3)c(C)c2C)c1. The predicted molar refractivity (Wildman–Crippen MR) is 125 cm³/mol. The molecule has 0 spiro atoms. The molecule has 0 bridgehead atoms. The molecule has 3 rings (SSSR count). The van der Waals surface area contributed by atoms with Crippen LogP contribution >= 0.6 is 0 Å². The van der Waals surface area contributed by atoms with Crippen molar-refractivity contribution in [2.45, 2.75) is 40.2 Å². The zero-order valence-corrected chi connectivity index (χ0v) is 18.8. The number of amides is 1. The Hall–Kier alpha value is -3.60. The minimum absolute atomic E-state index is 0.160. The monoisotopic (exact) mass is 431 g/mol. The Labute approximate surface area is 189 Å². The van der Waals surface area contributed by atoms with E-state index in [9.17, 15) is 9.59 Å². The van der Waals surface area contributed by atoms with E-state index in [1.165, 1.54) is 5.56 Å². The van der Waals surface area contributed by atoms with Gasteiger partial charge in [-0.3, -0.25) is 9.59 Å². The minimum atomic E-state index is -0.312. The number of hydrogen-bond donors (Lipinski definition) is 1. The lowest BCUT2D eigenvalue weighted by Gasteiger charge is -2.15. The van der Waals surface area contributed by atoms with Gasteiger partial charge in [0.2, 0.25) is 0 Å². The highest BCUT2D eigenvalue weighted by molar-refractivity contribution is 5.96. The van der Waals surface area contributed by atoms with Crippen molar-refractivity contribution < 1.29 is 19.1 Å². The van der Waals surface area contributed by atoms with Crippen LogP contribution < -0.4 is 14.8 Å². The van der Waals surface area contributed by atoms with Gasteiger partial charge in [0, 0.05) is 18.5 Å². The molecular weight excluding hydrogens is 402 g/mol. The summed E-state index contributed by atoms with van der Waals surface area (Å²) >= 11 is 0. The van der Waals surface area contributed by atoms with Gasteiger partial charge in [-0.25, -0.2) is 0 Å². The molecule has 5 nitrogen and oxygen atoms in total. The molecule has 0 atom stereocenters. The summed E-state index contributed by atoms with van der Waals surface area (Å²) in [6.45, 7) is 6.80. The Balaban J connectivity index is 1.48. The van der Waals surface area contributed by atoms with Crippen LogP contribution in [0.2, 0.25) is 0 Å². The number of nitrogens with one attached hydrogen (secondary N) is 1. The number of aryl methyl sites for hydroxylation is 1. The van der Waals surface area contributed by atoms with Crippen LogP contribution in [0.4, 0.5) is 0 Å². The highest BCUT2D eigenvalue weighted by Gasteiger charge is 2.14. The molecule has 3 aromatic rings. The molecule has 0 heterocycles. The molecule has 3 aromatic carbocycles. The third-order valence-corrected chi connectivity index (χ3v) is 5.28. The molecule has 0 unspecified atom stereocenters. The number of carbonyl (C=O) groups is 2. The fourth-order valence-corrected chi connectivity index (χ4v) is 3.36. The first kappa shape index (κ1) is 23.1. The molecule has 0 aromatic heterocycles. The molecule has 166 valence electrons. The molecule has 0 aliphatic carbocycles. The fraction of sp³-hybridized carbons (Fsp3) is 0.259. The van der Waals surface area contributed by atoms with Crippen LogP contribution in [-0.4, -0.2) is 18.4 Å². The average molecular weight is 432 g/mol. The fourth-order valence-electron chi connectivity index (χ4n) is 3.36. The predicted octanol–water partition coefficient (Wildman–Crippen LogP) is 5.31. The lowest BCUT2D eigenvalue weighted by atomic mass is 10.0. The number of para-hydroxylation sites is 1. The van der Waals surface area contributed by atoms with E-state index in [1.807, 2.05) is 50.2 Å². The van der Waals surface area contributed by atoms with Gasteiger partial charge in [0.1, 0.15) is 18.1 Å². The van der Waals surface area contributed by atoms with E-state index in [4.69, 9.17) is 9.47 Å². The van der Waals surface area contributed by atoms with Gasteiger partial charge >= 0.3 is 5.97 Å². The topological polar surface area (TPSA) is 64.6 Å². The Bertz CT molecular complexity index is 1080. The molecule has 32 heavy (non-hydrogen) atoms.